The predicted octanol–water partition coefficient (Wildman–Crippen LogP) is -0.560. The molecule has 6 nitrogen and oxygen atoms in total. The minimum Gasteiger partial charge on any atom is -0.380 e. The number of hydrogen-bond acceptors (Lipinski definition) is 6. The second-order valence-electron chi connectivity index (χ2n) is 2.46. The topological polar surface area (TPSA) is 55.4 Å². The Morgan fingerprint density at radius 1 is 0.533 bits per heavy atom. The first-order valence-corrected chi connectivity index (χ1v) is 10.6. The Kier molecular flexibility index (Phi) is 7.07. The van der Waals surface area contributed by atoms with E-state index in [1.807, 2.05) is 0 Å². The van der Waals surface area contributed by atoms with Gasteiger partial charge in [-0.2, -0.15) is 0 Å². The lowest BCUT2D eigenvalue weighted by molar-refractivity contribution is 0.135. The Morgan fingerprint density at radius 2 is 0.733 bits per heavy atom. The van der Waals surface area contributed by atoms with Crippen molar-refractivity contribution in [1.29, 1.82) is 0 Å². The average molecular weight is 270 g/mol. The molecule has 0 aromatic heterocycles. The van der Waals surface area contributed by atoms with E-state index in [0.29, 0.717) is 0 Å². The lowest BCUT2D eigenvalue weighted by Crippen LogP contribution is -2.65. The van der Waals surface area contributed by atoms with Gasteiger partial charge in [-0.1, -0.05) is 0 Å². The molecule has 0 spiro atoms. The van der Waals surface area contributed by atoms with Crippen LogP contribution in [0.15, 0.2) is 0 Å². The molecular formula is C6H18O6Si3. The first-order valence-electron chi connectivity index (χ1n) is 4.17. The Balaban J connectivity index is 4.74. The molecule has 0 aromatic rings. The van der Waals surface area contributed by atoms with Crippen LogP contribution in [0.25, 0.3) is 0 Å². The first-order chi connectivity index (χ1) is 7.07. The molecule has 0 heterocycles. The van der Waals surface area contributed by atoms with Crippen LogP contribution in [0.5, 0.6) is 0 Å². The molecule has 0 unspecified atom stereocenters. The highest BCUT2D eigenvalue weighted by Crippen LogP contribution is 2.13. The van der Waals surface area contributed by atoms with Crippen molar-refractivity contribution >= 4 is 25.2 Å². The predicted molar refractivity (Wildman–Crippen MR) is 59.3 cm³/mol. The zero-order valence-corrected chi connectivity index (χ0v) is 12.9. The summed E-state index contributed by atoms with van der Waals surface area (Å²) in [6.45, 7) is 0. The first kappa shape index (κ1) is 15.4. The van der Waals surface area contributed by atoms with Crippen molar-refractivity contribution < 1.29 is 26.6 Å². The van der Waals surface area contributed by atoms with E-state index in [0.717, 1.165) is 0 Å². The average Bonchev–Trinajstić information content (AvgIpc) is 2.33. The van der Waals surface area contributed by atoms with Gasteiger partial charge in [0.25, 0.3) is 0 Å². The van der Waals surface area contributed by atoms with Crippen LogP contribution in [0.3, 0.4) is 0 Å². The molecule has 0 rings (SSSR count). The fourth-order valence-corrected chi connectivity index (χ4v) is 14.8. The third-order valence-electron chi connectivity index (χ3n) is 1.92. The highest BCUT2D eigenvalue weighted by atomic mass is 29.6. The molecule has 0 aliphatic carbocycles. The Labute approximate surface area is 94.9 Å². The van der Waals surface area contributed by atoms with Gasteiger partial charge >= 0.3 is 16.6 Å². The zero-order chi connectivity index (χ0) is 11.9. The molecule has 0 bridgehead atoms. The summed E-state index contributed by atoms with van der Waals surface area (Å²) < 4.78 is 31.8. The van der Waals surface area contributed by atoms with E-state index in [1.54, 1.807) is 42.7 Å². The van der Waals surface area contributed by atoms with Crippen LogP contribution in [0.1, 0.15) is 0 Å². The summed E-state index contributed by atoms with van der Waals surface area (Å²) in [7, 11) is 3.98. The normalized spacial score (nSPS) is 13.2. The van der Waals surface area contributed by atoms with Gasteiger partial charge in [-0.05, 0) is 0 Å². The van der Waals surface area contributed by atoms with E-state index in [1.165, 1.54) is 0 Å². The van der Waals surface area contributed by atoms with E-state index >= 15 is 0 Å². The standard InChI is InChI=1S/C6H18O6Si3/c1-7-14(8-2,9-3)13-15(10-4,11-5)12-6/h1-6H3. The Morgan fingerprint density at radius 3 is 0.867 bits per heavy atom. The second kappa shape index (κ2) is 6.88. The quantitative estimate of drug-likeness (QED) is 0.551. The fraction of sp³-hybridized carbons (Fsp3) is 1.00. The van der Waals surface area contributed by atoms with Crippen LogP contribution in [0.2, 0.25) is 0 Å². The maximum Gasteiger partial charge on any atom is 0.470 e. The van der Waals surface area contributed by atoms with Gasteiger partial charge in [0.15, 0.2) is 0 Å². The van der Waals surface area contributed by atoms with Crippen molar-refractivity contribution in [2.45, 2.75) is 0 Å². The molecule has 0 aromatic carbocycles. The van der Waals surface area contributed by atoms with E-state index in [4.69, 9.17) is 26.6 Å². The van der Waals surface area contributed by atoms with Gasteiger partial charge in [-0.25, -0.2) is 0 Å². The molecule has 0 N–H and O–H groups in total. The van der Waals surface area contributed by atoms with Crippen LogP contribution in [0.4, 0.5) is 0 Å². The van der Waals surface area contributed by atoms with Gasteiger partial charge in [0.1, 0.15) is 0 Å². The molecule has 90 valence electrons. The van der Waals surface area contributed by atoms with Crippen LogP contribution in [-0.2, 0) is 26.6 Å². The van der Waals surface area contributed by atoms with Crippen LogP contribution < -0.4 is 0 Å². The van der Waals surface area contributed by atoms with E-state index in [-0.39, 0.29) is 8.55 Å². The lowest BCUT2D eigenvalue weighted by atomic mass is 11.8. The van der Waals surface area contributed by atoms with Gasteiger partial charge in [-0.3, -0.25) is 0 Å². The van der Waals surface area contributed by atoms with Crippen LogP contribution in [0, 0.1) is 0 Å². The molecule has 15 heavy (non-hydrogen) atoms. The maximum atomic E-state index is 5.30. The van der Waals surface area contributed by atoms with E-state index in [9.17, 15) is 0 Å². The SMILES string of the molecule is CO[Si](OC)(OC)[Si][Si](OC)(OC)OC. The Hall–Kier alpha value is 0.411. The molecule has 0 atom stereocenters. The molecule has 0 amide bonds. The summed E-state index contributed by atoms with van der Waals surface area (Å²) in [6.07, 6.45) is 0. The van der Waals surface area contributed by atoms with E-state index < -0.39 is 16.6 Å². The lowest BCUT2D eigenvalue weighted by Gasteiger charge is -2.31. The highest BCUT2D eigenvalue weighted by molar-refractivity contribution is 7.44. The summed E-state index contributed by atoms with van der Waals surface area (Å²) >= 11 is 0. The van der Waals surface area contributed by atoms with Crippen LogP contribution >= 0.6 is 0 Å². The third-order valence-corrected chi connectivity index (χ3v) is 16.8. The zero-order valence-electron chi connectivity index (χ0n) is 9.95. The van der Waals surface area contributed by atoms with Gasteiger partial charge in [0, 0.05) is 42.7 Å². The molecular weight excluding hydrogens is 252 g/mol. The van der Waals surface area contributed by atoms with E-state index in [2.05, 4.69) is 0 Å². The summed E-state index contributed by atoms with van der Waals surface area (Å²) in [4.78, 5) is 0. The van der Waals surface area contributed by atoms with Gasteiger partial charge < -0.3 is 26.6 Å². The molecule has 0 aliphatic rings. The second-order valence-corrected chi connectivity index (χ2v) is 14.1. The van der Waals surface area contributed by atoms with Crippen LogP contribution in [-0.4, -0.2) is 67.9 Å². The molecule has 0 saturated heterocycles. The molecule has 2 radical (unpaired) electrons. The van der Waals surface area contributed by atoms with Crippen molar-refractivity contribution in [3.8, 4) is 0 Å². The third kappa shape index (κ3) is 3.72. The Bertz CT molecular complexity index is 138. The minimum absolute atomic E-state index is 0.0995. The molecule has 0 aliphatic heterocycles. The summed E-state index contributed by atoms with van der Waals surface area (Å²) in [5, 5.41) is 0. The van der Waals surface area contributed by atoms with Crippen molar-refractivity contribution in [1.82, 2.24) is 0 Å². The van der Waals surface area contributed by atoms with Crippen molar-refractivity contribution in [2.75, 3.05) is 42.7 Å². The molecule has 9 heteroatoms. The van der Waals surface area contributed by atoms with Gasteiger partial charge in [0.05, 0.1) is 0 Å². The fourth-order valence-electron chi connectivity index (χ4n) is 0.994. The largest absolute Gasteiger partial charge is 0.470 e. The number of hydrogen-bond donors (Lipinski definition) is 0. The highest BCUT2D eigenvalue weighted by Gasteiger charge is 2.54. The summed E-state index contributed by atoms with van der Waals surface area (Å²) in [5.74, 6) is 0. The van der Waals surface area contributed by atoms with Crippen molar-refractivity contribution in [2.24, 2.45) is 0 Å². The molecule has 0 saturated carbocycles. The molecule has 0 fully saturated rings. The smallest absolute Gasteiger partial charge is 0.380 e. The monoisotopic (exact) mass is 270 g/mol. The maximum absolute atomic E-state index is 5.30. The van der Waals surface area contributed by atoms with Gasteiger partial charge in [0.2, 0.25) is 8.55 Å². The summed E-state index contributed by atoms with van der Waals surface area (Å²) in [5.41, 5.74) is 0. The number of rotatable bonds is 8. The van der Waals surface area contributed by atoms with Crippen molar-refractivity contribution in [3.05, 3.63) is 0 Å². The van der Waals surface area contributed by atoms with Crippen molar-refractivity contribution in [3.63, 3.8) is 0 Å². The minimum atomic E-state index is -2.70. The van der Waals surface area contributed by atoms with Gasteiger partial charge in [-0.15, -0.1) is 0 Å². The summed E-state index contributed by atoms with van der Waals surface area (Å²) in [6, 6.07) is 0.